The first-order valence-corrected chi connectivity index (χ1v) is 8.99. The highest BCUT2D eigenvalue weighted by molar-refractivity contribution is 6.30. The van der Waals surface area contributed by atoms with Crippen LogP contribution >= 0.6 is 11.6 Å². The first-order chi connectivity index (χ1) is 12.0. The van der Waals surface area contributed by atoms with Gasteiger partial charge in [0.05, 0.1) is 6.54 Å². The van der Waals surface area contributed by atoms with Crippen molar-refractivity contribution in [1.82, 2.24) is 4.90 Å². The summed E-state index contributed by atoms with van der Waals surface area (Å²) in [5.74, 6) is 0.0446. The summed E-state index contributed by atoms with van der Waals surface area (Å²) in [5.41, 5.74) is 4.47. The molecule has 2 aromatic carbocycles. The Hall–Kier alpha value is -2.04. The number of amides is 1. The fraction of sp³-hybridized carbons (Fsp3) is 0.350. The second-order valence-electron chi connectivity index (χ2n) is 6.59. The van der Waals surface area contributed by atoms with Gasteiger partial charge < -0.3 is 10.2 Å². The zero-order chi connectivity index (χ0) is 17.8. The first kappa shape index (κ1) is 17.8. The fourth-order valence-electron chi connectivity index (χ4n) is 3.04. The number of anilines is 2. The van der Waals surface area contributed by atoms with E-state index in [1.54, 1.807) is 0 Å². The lowest BCUT2D eigenvalue weighted by molar-refractivity contribution is -0.117. The molecule has 1 heterocycles. The minimum atomic E-state index is 0.0446. The summed E-state index contributed by atoms with van der Waals surface area (Å²) in [7, 11) is 0. The molecule has 1 fully saturated rings. The van der Waals surface area contributed by atoms with Crippen molar-refractivity contribution in [1.29, 1.82) is 0 Å². The summed E-state index contributed by atoms with van der Waals surface area (Å²) in [6.07, 6.45) is 0. The Kier molecular flexibility index (Phi) is 5.61. The van der Waals surface area contributed by atoms with E-state index in [1.807, 2.05) is 42.5 Å². The number of carbonyl (C=O) groups is 1. The van der Waals surface area contributed by atoms with Gasteiger partial charge in [0.15, 0.2) is 0 Å². The number of nitrogens with zero attached hydrogens (tertiary/aromatic N) is 2. The first-order valence-electron chi connectivity index (χ1n) is 8.61. The molecular formula is C20H24ClN3O. The molecule has 0 atom stereocenters. The summed E-state index contributed by atoms with van der Waals surface area (Å²) in [6.45, 7) is 8.15. The lowest BCUT2D eigenvalue weighted by Crippen LogP contribution is -2.48. The van der Waals surface area contributed by atoms with Crippen LogP contribution in [0.2, 0.25) is 5.02 Å². The highest BCUT2D eigenvalue weighted by atomic mass is 35.5. The summed E-state index contributed by atoms with van der Waals surface area (Å²) >= 11 is 5.94. The number of aryl methyl sites for hydroxylation is 2. The van der Waals surface area contributed by atoms with Crippen molar-refractivity contribution in [3.63, 3.8) is 0 Å². The van der Waals surface area contributed by atoms with E-state index in [0.29, 0.717) is 6.54 Å². The Bertz CT molecular complexity index is 737. The average molecular weight is 358 g/mol. The van der Waals surface area contributed by atoms with E-state index < -0.39 is 0 Å². The van der Waals surface area contributed by atoms with Crippen LogP contribution in [0.3, 0.4) is 0 Å². The molecule has 25 heavy (non-hydrogen) atoms. The molecule has 0 bridgehead atoms. The molecule has 0 spiro atoms. The molecule has 3 rings (SSSR count). The Balaban J connectivity index is 1.49. The van der Waals surface area contributed by atoms with E-state index in [0.717, 1.165) is 36.9 Å². The van der Waals surface area contributed by atoms with Gasteiger partial charge in [-0.15, -0.1) is 0 Å². The van der Waals surface area contributed by atoms with Crippen molar-refractivity contribution >= 4 is 28.9 Å². The molecule has 1 saturated heterocycles. The van der Waals surface area contributed by atoms with E-state index in [1.165, 1.54) is 16.8 Å². The fourth-order valence-corrected chi connectivity index (χ4v) is 3.16. The monoisotopic (exact) mass is 357 g/mol. The maximum absolute atomic E-state index is 12.3. The van der Waals surface area contributed by atoms with Crippen LogP contribution in [-0.4, -0.2) is 43.5 Å². The second kappa shape index (κ2) is 7.89. The summed E-state index contributed by atoms with van der Waals surface area (Å²) in [4.78, 5) is 16.8. The summed E-state index contributed by atoms with van der Waals surface area (Å²) < 4.78 is 0. The minimum Gasteiger partial charge on any atom is -0.369 e. The molecule has 1 amide bonds. The third kappa shape index (κ3) is 4.74. The molecule has 2 aromatic rings. The van der Waals surface area contributed by atoms with Gasteiger partial charge in [0.2, 0.25) is 5.91 Å². The van der Waals surface area contributed by atoms with Crippen LogP contribution < -0.4 is 10.2 Å². The van der Waals surface area contributed by atoms with E-state index in [9.17, 15) is 4.79 Å². The molecule has 1 aliphatic heterocycles. The molecule has 1 aliphatic rings. The smallest absolute Gasteiger partial charge is 0.238 e. The molecule has 4 nitrogen and oxygen atoms in total. The van der Waals surface area contributed by atoms with Gasteiger partial charge in [0.1, 0.15) is 0 Å². The van der Waals surface area contributed by atoms with Gasteiger partial charge in [-0.2, -0.15) is 0 Å². The third-order valence-electron chi connectivity index (χ3n) is 4.72. The molecule has 0 aromatic heterocycles. The molecule has 0 saturated carbocycles. The number of nitrogens with one attached hydrogen (secondary N) is 1. The van der Waals surface area contributed by atoms with Gasteiger partial charge in [-0.3, -0.25) is 9.69 Å². The molecule has 0 radical (unpaired) electrons. The zero-order valence-electron chi connectivity index (χ0n) is 14.8. The largest absolute Gasteiger partial charge is 0.369 e. The average Bonchev–Trinajstić information content (AvgIpc) is 2.60. The normalized spacial score (nSPS) is 15.2. The predicted molar refractivity (Wildman–Crippen MR) is 105 cm³/mol. The van der Waals surface area contributed by atoms with Crippen LogP contribution in [0.1, 0.15) is 11.1 Å². The Morgan fingerprint density at radius 3 is 2.32 bits per heavy atom. The van der Waals surface area contributed by atoms with Gasteiger partial charge in [0.25, 0.3) is 0 Å². The van der Waals surface area contributed by atoms with Crippen LogP contribution in [0.4, 0.5) is 11.4 Å². The molecule has 0 aliphatic carbocycles. The highest BCUT2D eigenvalue weighted by Crippen LogP contribution is 2.19. The van der Waals surface area contributed by atoms with E-state index in [4.69, 9.17) is 11.6 Å². The van der Waals surface area contributed by atoms with Gasteiger partial charge in [0, 0.05) is 42.6 Å². The number of piperazine rings is 1. The van der Waals surface area contributed by atoms with Crippen molar-refractivity contribution in [3.05, 3.63) is 58.6 Å². The number of carbonyl (C=O) groups excluding carboxylic acids is 1. The van der Waals surface area contributed by atoms with Crippen LogP contribution in [0.25, 0.3) is 0 Å². The molecule has 0 unspecified atom stereocenters. The number of hydrogen-bond donors (Lipinski definition) is 1. The molecule has 132 valence electrons. The summed E-state index contributed by atoms with van der Waals surface area (Å²) in [5, 5.41) is 3.75. The van der Waals surface area contributed by atoms with E-state index >= 15 is 0 Å². The molecular weight excluding hydrogens is 334 g/mol. The van der Waals surface area contributed by atoms with E-state index in [-0.39, 0.29) is 5.91 Å². The van der Waals surface area contributed by atoms with Crippen LogP contribution in [-0.2, 0) is 4.79 Å². The van der Waals surface area contributed by atoms with Crippen LogP contribution in [0.5, 0.6) is 0 Å². The predicted octanol–water partition coefficient (Wildman–Crippen LogP) is 3.72. The minimum absolute atomic E-state index is 0.0446. The Morgan fingerprint density at radius 2 is 1.68 bits per heavy atom. The number of rotatable bonds is 4. The van der Waals surface area contributed by atoms with Crippen molar-refractivity contribution in [2.24, 2.45) is 0 Å². The molecule has 5 heteroatoms. The standard InChI is InChI=1S/C20H24ClN3O/c1-15-3-6-18(13-16(15)2)22-20(25)14-23-9-11-24(12-10-23)19-7-4-17(21)5-8-19/h3-8,13H,9-12,14H2,1-2H3,(H,22,25). The Morgan fingerprint density at radius 1 is 1.00 bits per heavy atom. The van der Waals surface area contributed by atoms with Gasteiger partial charge in [-0.05, 0) is 61.4 Å². The quantitative estimate of drug-likeness (QED) is 0.905. The van der Waals surface area contributed by atoms with Crippen molar-refractivity contribution in [3.8, 4) is 0 Å². The maximum atomic E-state index is 12.3. The maximum Gasteiger partial charge on any atom is 0.238 e. The van der Waals surface area contributed by atoms with Crippen LogP contribution in [0.15, 0.2) is 42.5 Å². The van der Waals surface area contributed by atoms with Crippen molar-refractivity contribution in [2.75, 3.05) is 42.9 Å². The van der Waals surface area contributed by atoms with Crippen LogP contribution in [0, 0.1) is 13.8 Å². The van der Waals surface area contributed by atoms with E-state index in [2.05, 4.69) is 29.0 Å². The SMILES string of the molecule is Cc1ccc(NC(=O)CN2CCN(c3ccc(Cl)cc3)CC2)cc1C. The van der Waals surface area contributed by atoms with Gasteiger partial charge in [-0.1, -0.05) is 17.7 Å². The zero-order valence-corrected chi connectivity index (χ0v) is 15.5. The van der Waals surface area contributed by atoms with Gasteiger partial charge in [-0.25, -0.2) is 0 Å². The molecule has 1 N–H and O–H groups in total. The van der Waals surface area contributed by atoms with Gasteiger partial charge >= 0.3 is 0 Å². The number of hydrogen-bond acceptors (Lipinski definition) is 3. The second-order valence-corrected chi connectivity index (χ2v) is 7.02. The van der Waals surface area contributed by atoms with Crippen molar-refractivity contribution in [2.45, 2.75) is 13.8 Å². The highest BCUT2D eigenvalue weighted by Gasteiger charge is 2.19. The topological polar surface area (TPSA) is 35.6 Å². The number of benzene rings is 2. The third-order valence-corrected chi connectivity index (χ3v) is 4.97. The lowest BCUT2D eigenvalue weighted by atomic mass is 10.1. The lowest BCUT2D eigenvalue weighted by Gasteiger charge is -2.35. The Labute approximate surface area is 154 Å². The van der Waals surface area contributed by atoms with Crippen molar-refractivity contribution < 1.29 is 4.79 Å². The summed E-state index contributed by atoms with van der Waals surface area (Å²) in [6, 6.07) is 13.9. The number of halogens is 1.